The Labute approximate surface area is 116 Å². The molecular weight excluding hydrogens is 300 g/mol. The topological polar surface area (TPSA) is 29.5 Å². The van der Waals surface area contributed by atoms with Crippen molar-refractivity contribution in [2.24, 2.45) is 0 Å². The van der Waals surface area contributed by atoms with Crippen molar-refractivity contribution in [1.29, 1.82) is 0 Å². The first-order valence-electron chi connectivity index (χ1n) is 5.75. The highest BCUT2D eigenvalue weighted by molar-refractivity contribution is 9.10. The number of hydrogen-bond acceptors (Lipinski definition) is 3. The van der Waals surface area contributed by atoms with E-state index in [9.17, 15) is 5.11 Å². The van der Waals surface area contributed by atoms with E-state index in [1.807, 2.05) is 18.2 Å². The number of hydrogen-bond donors (Lipinski definition) is 1. The molecule has 0 bridgehead atoms. The van der Waals surface area contributed by atoms with E-state index in [-0.39, 0.29) is 6.10 Å². The summed E-state index contributed by atoms with van der Waals surface area (Å²) >= 11 is 5.30. The van der Waals surface area contributed by atoms with Crippen LogP contribution in [0.15, 0.2) is 22.7 Å². The van der Waals surface area contributed by atoms with Crippen molar-refractivity contribution >= 4 is 27.7 Å². The summed E-state index contributed by atoms with van der Waals surface area (Å²) in [6.07, 6.45) is 1.52. The van der Waals surface area contributed by atoms with Gasteiger partial charge in [0.05, 0.1) is 13.2 Å². The highest BCUT2D eigenvalue weighted by Gasteiger charge is 2.09. The minimum absolute atomic E-state index is 0.296. The normalized spacial score (nSPS) is 12.5. The molecule has 1 aromatic rings. The molecule has 17 heavy (non-hydrogen) atoms. The minimum Gasteiger partial charge on any atom is -0.497 e. The van der Waals surface area contributed by atoms with Crippen molar-refractivity contribution in [2.75, 3.05) is 18.6 Å². The van der Waals surface area contributed by atoms with Crippen LogP contribution in [-0.2, 0) is 6.42 Å². The molecule has 2 nitrogen and oxygen atoms in total. The Kier molecular flexibility index (Phi) is 7.00. The van der Waals surface area contributed by atoms with Gasteiger partial charge in [0, 0.05) is 16.6 Å². The van der Waals surface area contributed by atoms with E-state index in [1.165, 1.54) is 0 Å². The molecule has 96 valence electrons. The minimum atomic E-state index is -0.296. The summed E-state index contributed by atoms with van der Waals surface area (Å²) in [6, 6.07) is 5.84. The standard InChI is InChI=1S/C13H19BrO2S/c1-3-6-17-9-11(15)7-10-8-12(16-2)4-5-13(10)14/h4-5,8,11,15H,3,6-7,9H2,1-2H3. The van der Waals surface area contributed by atoms with Gasteiger partial charge in [-0.3, -0.25) is 0 Å². The zero-order valence-corrected chi connectivity index (χ0v) is 12.7. The molecule has 0 spiro atoms. The van der Waals surface area contributed by atoms with Crippen LogP contribution in [0.2, 0.25) is 0 Å². The van der Waals surface area contributed by atoms with Crippen molar-refractivity contribution < 1.29 is 9.84 Å². The third-order valence-corrected chi connectivity index (χ3v) is 4.46. The number of aliphatic hydroxyl groups is 1. The average molecular weight is 319 g/mol. The average Bonchev–Trinajstić information content (AvgIpc) is 2.32. The quantitative estimate of drug-likeness (QED) is 0.780. The first-order valence-corrected chi connectivity index (χ1v) is 7.70. The molecule has 0 saturated carbocycles. The zero-order chi connectivity index (χ0) is 12.7. The van der Waals surface area contributed by atoms with Gasteiger partial charge < -0.3 is 9.84 Å². The van der Waals surface area contributed by atoms with Crippen molar-refractivity contribution in [2.45, 2.75) is 25.9 Å². The lowest BCUT2D eigenvalue weighted by molar-refractivity contribution is 0.200. The van der Waals surface area contributed by atoms with Crippen LogP contribution in [0.1, 0.15) is 18.9 Å². The molecule has 0 aliphatic carbocycles. The van der Waals surface area contributed by atoms with E-state index >= 15 is 0 Å². The first kappa shape index (κ1) is 14.9. The van der Waals surface area contributed by atoms with Crippen LogP contribution < -0.4 is 4.74 Å². The second-order valence-corrected chi connectivity index (χ2v) is 5.89. The third-order valence-electron chi connectivity index (χ3n) is 2.37. The Balaban J connectivity index is 2.54. The van der Waals surface area contributed by atoms with E-state index in [0.29, 0.717) is 6.42 Å². The maximum Gasteiger partial charge on any atom is 0.119 e. The molecule has 0 saturated heterocycles. The van der Waals surface area contributed by atoms with Crippen LogP contribution >= 0.6 is 27.7 Å². The molecular formula is C13H19BrO2S. The number of aliphatic hydroxyl groups excluding tert-OH is 1. The van der Waals surface area contributed by atoms with E-state index in [1.54, 1.807) is 18.9 Å². The van der Waals surface area contributed by atoms with Crippen LogP contribution in [-0.4, -0.2) is 29.8 Å². The molecule has 0 heterocycles. The summed E-state index contributed by atoms with van der Waals surface area (Å²) in [5.74, 6) is 2.73. The molecule has 0 aliphatic heterocycles. The van der Waals surface area contributed by atoms with Crippen LogP contribution in [0, 0.1) is 0 Å². The zero-order valence-electron chi connectivity index (χ0n) is 10.3. The molecule has 0 aromatic heterocycles. The fourth-order valence-corrected chi connectivity index (χ4v) is 2.76. The molecule has 1 N–H and O–H groups in total. The Hall–Kier alpha value is -0.190. The number of methoxy groups -OCH3 is 1. The Morgan fingerprint density at radius 3 is 2.88 bits per heavy atom. The van der Waals surface area contributed by atoms with E-state index < -0.39 is 0 Å². The highest BCUT2D eigenvalue weighted by Crippen LogP contribution is 2.24. The maximum absolute atomic E-state index is 9.93. The summed E-state index contributed by atoms with van der Waals surface area (Å²) in [6.45, 7) is 2.15. The molecule has 4 heteroatoms. The Morgan fingerprint density at radius 2 is 2.24 bits per heavy atom. The number of rotatable bonds is 7. The number of ether oxygens (including phenoxy) is 1. The summed E-state index contributed by atoms with van der Waals surface area (Å²) in [5.41, 5.74) is 1.09. The predicted molar refractivity (Wildman–Crippen MR) is 78.0 cm³/mol. The van der Waals surface area contributed by atoms with Crippen molar-refractivity contribution in [3.63, 3.8) is 0 Å². The van der Waals surface area contributed by atoms with Gasteiger partial charge in [-0.05, 0) is 35.9 Å². The van der Waals surface area contributed by atoms with Gasteiger partial charge >= 0.3 is 0 Å². The Bertz CT molecular complexity index is 344. The van der Waals surface area contributed by atoms with Crippen molar-refractivity contribution in [1.82, 2.24) is 0 Å². The van der Waals surface area contributed by atoms with Gasteiger partial charge in [-0.1, -0.05) is 22.9 Å². The van der Waals surface area contributed by atoms with Crippen LogP contribution in [0.25, 0.3) is 0 Å². The van der Waals surface area contributed by atoms with Gasteiger partial charge in [0.15, 0.2) is 0 Å². The SMILES string of the molecule is CCCSCC(O)Cc1cc(OC)ccc1Br. The monoisotopic (exact) mass is 318 g/mol. The molecule has 1 aromatic carbocycles. The maximum atomic E-state index is 9.93. The fourth-order valence-electron chi connectivity index (χ4n) is 1.51. The fraction of sp³-hybridized carbons (Fsp3) is 0.538. The molecule has 0 amide bonds. The highest BCUT2D eigenvalue weighted by atomic mass is 79.9. The summed E-state index contributed by atoms with van der Waals surface area (Å²) in [5, 5.41) is 9.93. The summed E-state index contributed by atoms with van der Waals surface area (Å²) in [7, 11) is 1.65. The molecule has 0 aliphatic rings. The molecule has 0 radical (unpaired) electrons. The molecule has 0 fully saturated rings. The summed E-state index contributed by atoms with van der Waals surface area (Å²) < 4.78 is 6.21. The summed E-state index contributed by atoms with van der Waals surface area (Å²) in [4.78, 5) is 0. The number of benzene rings is 1. The molecule has 1 unspecified atom stereocenters. The lowest BCUT2D eigenvalue weighted by Crippen LogP contribution is -2.14. The lowest BCUT2D eigenvalue weighted by atomic mass is 10.1. The van der Waals surface area contributed by atoms with Crippen molar-refractivity contribution in [3.8, 4) is 5.75 Å². The number of halogens is 1. The smallest absolute Gasteiger partial charge is 0.119 e. The number of thioether (sulfide) groups is 1. The molecule has 1 atom stereocenters. The largest absolute Gasteiger partial charge is 0.497 e. The van der Waals surface area contributed by atoms with Crippen LogP contribution in [0.3, 0.4) is 0 Å². The second-order valence-electron chi connectivity index (χ2n) is 3.89. The second kappa shape index (κ2) is 8.01. The van der Waals surface area contributed by atoms with E-state index in [4.69, 9.17) is 4.74 Å². The van der Waals surface area contributed by atoms with Gasteiger partial charge in [0.25, 0.3) is 0 Å². The van der Waals surface area contributed by atoms with Crippen molar-refractivity contribution in [3.05, 3.63) is 28.2 Å². The predicted octanol–water partition coefficient (Wildman–Crippen LogP) is 3.50. The first-order chi connectivity index (χ1) is 8.17. The van der Waals surface area contributed by atoms with Crippen LogP contribution in [0.5, 0.6) is 5.75 Å². The van der Waals surface area contributed by atoms with Gasteiger partial charge in [0.1, 0.15) is 5.75 Å². The van der Waals surface area contributed by atoms with E-state index in [2.05, 4.69) is 22.9 Å². The van der Waals surface area contributed by atoms with Crippen LogP contribution in [0.4, 0.5) is 0 Å². The van der Waals surface area contributed by atoms with E-state index in [0.717, 1.165) is 33.7 Å². The van der Waals surface area contributed by atoms with Gasteiger partial charge in [0.2, 0.25) is 0 Å². The molecule has 1 rings (SSSR count). The van der Waals surface area contributed by atoms with Gasteiger partial charge in [-0.25, -0.2) is 0 Å². The Morgan fingerprint density at radius 1 is 1.47 bits per heavy atom. The lowest BCUT2D eigenvalue weighted by Gasteiger charge is -2.12. The van der Waals surface area contributed by atoms with Gasteiger partial charge in [-0.15, -0.1) is 0 Å². The third kappa shape index (κ3) is 5.32. The van der Waals surface area contributed by atoms with Gasteiger partial charge in [-0.2, -0.15) is 11.8 Å².